The Morgan fingerprint density at radius 3 is 0.862 bits per heavy atom. The predicted molar refractivity (Wildman–Crippen MR) is 280 cm³/mol. The van der Waals surface area contributed by atoms with Crippen molar-refractivity contribution in [2.24, 2.45) is 30.0 Å². The maximum Gasteiger partial charge on any atom is 0.210 e. The lowest BCUT2D eigenvalue weighted by Crippen LogP contribution is -2.38. The summed E-state index contributed by atoms with van der Waals surface area (Å²) < 4.78 is 35.2. The number of hydrogen-bond acceptors (Lipinski definition) is 15. The molecule has 3 aromatic carbocycles. The fraction of sp³-hybridized carbons (Fsp3) is 0.520. The second-order valence-electron chi connectivity index (χ2n) is 14.3. The van der Waals surface area contributed by atoms with E-state index >= 15 is 0 Å². The van der Waals surface area contributed by atoms with Crippen LogP contribution in [0.15, 0.2) is 121 Å². The molecular formula is C50H72N6O6S3. The lowest BCUT2D eigenvalue weighted by Gasteiger charge is -2.27. The molecule has 12 nitrogen and oxygen atoms in total. The van der Waals surface area contributed by atoms with E-state index in [2.05, 4.69) is 54.0 Å². The van der Waals surface area contributed by atoms with Crippen LogP contribution in [0.1, 0.15) is 73.1 Å². The molecule has 0 aromatic heterocycles. The smallest absolute Gasteiger partial charge is 0.210 e. The fourth-order valence-electron chi connectivity index (χ4n) is 6.93. The van der Waals surface area contributed by atoms with Crippen molar-refractivity contribution in [1.82, 2.24) is 0 Å². The van der Waals surface area contributed by atoms with Crippen molar-refractivity contribution in [1.29, 1.82) is 0 Å². The van der Waals surface area contributed by atoms with E-state index in [0.717, 1.165) is 19.3 Å². The number of ether oxygens (including phenoxy) is 6. The number of aliphatic imine (C=N–C) groups is 6. The summed E-state index contributed by atoms with van der Waals surface area (Å²) >= 11 is 4.33. The molecule has 0 bridgehead atoms. The average molecular weight is 949 g/mol. The van der Waals surface area contributed by atoms with Crippen LogP contribution >= 0.6 is 34.2 Å². The van der Waals surface area contributed by atoms with Gasteiger partial charge in [0.05, 0.1) is 39.6 Å². The van der Waals surface area contributed by atoms with Crippen molar-refractivity contribution in [3.05, 3.63) is 108 Å². The van der Waals surface area contributed by atoms with Crippen LogP contribution in [0.4, 0.5) is 0 Å². The van der Waals surface area contributed by atoms with E-state index < -0.39 is 0 Å². The van der Waals surface area contributed by atoms with Gasteiger partial charge in [-0.1, -0.05) is 127 Å². The summed E-state index contributed by atoms with van der Waals surface area (Å²) in [6, 6.07) is 29.8. The molecule has 0 spiro atoms. The Morgan fingerprint density at radius 2 is 0.600 bits per heavy atom. The summed E-state index contributed by atoms with van der Waals surface area (Å²) in [5, 5.41) is 0. The van der Waals surface area contributed by atoms with Crippen LogP contribution in [-0.2, 0) is 47.7 Å². The number of benzene rings is 3. The minimum atomic E-state index is -0.208. The first-order valence-corrected chi connectivity index (χ1v) is 25.2. The number of rotatable bonds is 18. The highest BCUT2D eigenvalue weighted by Crippen LogP contribution is 2.29. The Labute approximate surface area is 402 Å². The van der Waals surface area contributed by atoms with Crippen molar-refractivity contribution in [2.75, 3.05) is 56.9 Å². The van der Waals surface area contributed by atoms with Crippen LogP contribution in [-0.4, -0.2) is 129 Å². The lowest BCUT2D eigenvalue weighted by molar-refractivity contribution is 0.286. The highest BCUT2D eigenvalue weighted by Gasteiger charge is 2.33. The highest BCUT2D eigenvalue weighted by atomic mass is 33.1. The summed E-state index contributed by atoms with van der Waals surface area (Å²) in [5.41, 5.74) is 3.59. The van der Waals surface area contributed by atoms with E-state index in [4.69, 9.17) is 53.4 Å². The lowest BCUT2D eigenvalue weighted by atomic mass is 10.0. The third kappa shape index (κ3) is 17.4. The molecule has 356 valence electrons. The second-order valence-corrected chi connectivity index (χ2v) is 17.2. The Bertz CT molecular complexity index is 1890. The van der Waals surface area contributed by atoms with Gasteiger partial charge < -0.3 is 28.4 Å². The maximum absolute atomic E-state index is 5.97. The molecule has 15 heteroatoms. The first-order chi connectivity index (χ1) is 30.9. The van der Waals surface area contributed by atoms with Gasteiger partial charge in [-0.3, -0.25) is 0 Å². The third-order valence-corrected chi connectivity index (χ3v) is 12.4. The summed E-state index contributed by atoms with van der Waals surface area (Å²) in [6.45, 7) is 15.2. The first kappa shape index (κ1) is 54.9. The number of nitrogens with zero attached hydrogens (tertiary/aromatic N) is 6. The van der Waals surface area contributed by atoms with E-state index in [-0.39, 0.29) is 51.1 Å². The number of hydrogen-bond donors (Lipinski definition) is 1. The quantitative estimate of drug-likeness (QED) is 0.0758. The van der Waals surface area contributed by atoms with Crippen LogP contribution in [0.3, 0.4) is 0 Å². The van der Waals surface area contributed by atoms with Crippen molar-refractivity contribution >= 4 is 69.6 Å². The molecule has 6 rings (SSSR count). The molecule has 0 aliphatic carbocycles. The van der Waals surface area contributed by atoms with Crippen LogP contribution in [0.2, 0.25) is 0 Å². The Morgan fingerprint density at radius 1 is 0.369 bits per heavy atom. The van der Waals surface area contributed by atoms with Crippen molar-refractivity contribution in [2.45, 2.75) is 112 Å². The van der Waals surface area contributed by atoms with Crippen LogP contribution in [0, 0.1) is 0 Å². The zero-order chi connectivity index (χ0) is 44.7. The molecule has 6 atom stereocenters. The SMILES string of the molecule is C.C.CCOC1=N[C@H](Cc2ccccc2)C(OCC)=N[C@H]1CS.CCOC1=N[C@H](Cc2ccccc2)C(OCC)=N[C@H]1CSSC[C@@H]1N=C(OCC)[C@@H](Cc2ccccc2)N=C1OCC. The Hall–Kier alpha value is -4.47. The van der Waals surface area contributed by atoms with Gasteiger partial charge in [-0.15, -0.1) is 0 Å². The molecule has 0 unspecified atom stereocenters. The molecule has 3 aliphatic heterocycles. The third-order valence-electron chi connectivity index (χ3n) is 9.69. The van der Waals surface area contributed by atoms with Gasteiger partial charge in [0.2, 0.25) is 35.4 Å². The van der Waals surface area contributed by atoms with Gasteiger partial charge in [0.15, 0.2) is 0 Å². The van der Waals surface area contributed by atoms with Gasteiger partial charge in [-0.25, -0.2) is 30.0 Å². The summed E-state index contributed by atoms with van der Waals surface area (Å²) in [7, 11) is 3.44. The van der Waals surface area contributed by atoms with Crippen molar-refractivity contribution < 1.29 is 28.4 Å². The molecule has 0 N–H and O–H groups in total. The predicted octanol–water partition coefficient (Wildman–Crippen LogP) is 10.1. The van der Waals surface area contributed by atoms with Crippen LogP contribution in [0.5, 0.6) is 0 Å². The van der Waals surface area contributed by atoms with E-state index in [0.29, 0.717) is 92.3 Å². The largest absolute Gasteiger partial charge is 0.480 e. The summed E-state index contributed by atoms with van der Waals surface area (Å²) in [5.74, 6) is 6.00. The normalized spacial score (nSPS) is 21.1. The van der Waals surface area contributed by atoms with Gasteiger partial charge in [0.1, 0.15) is 36.3 Å². The zero-order valence-electron chi connectivity index (χ0n) is 37.5. The minimum absolute atomic E-state index is 0. The minimum Gasteiger partial charge on any atom is -0.480 e. The van der Waals surface area contributed by atoms with E-state index in [1.165, 1.54) is 16.7 Å². The molecule has 3 aliphatic rings. The zero-order valence-corrected chi connectivity index (χ0v) is 40.0. The molecule has 0 saturated heterocycles. The molecule has 0 saturated carbocycles. The fourth-order valence-corrected chi connectivity index (χ4v) is 9.40. The summed E-state index contributed by atoms with van der Waals surface area (Å²) in [6.07, 6.45) is 2.20. The Kier molecular flexibility index (Phi) is 25.9. The molecule has 0 radical (unpaired) electrons. The van der Waals surface area contributed by atoms with Crippen LogP contribution in [0.25, 0.3) is 0 Å². The molecule has 3 heterocycles. The van der Waals surface area contributed by atoms with Gasteiger partial charge in [-0.2, -0.15) is 12.6 Å². The molecule has 65 heavy (non-hydrogen) atoms. The van der Waals surface area contributed by atoms with E-state index in [1.54, 1.807) is 21.6 Å². The molecular weight excluding hydrogens is 877 g/mol. The Balaban J connectivity index is 0.000000411. The molecule has 0 amide bonds. The van der Waals surface area contributed by atoms with Crippen molar-refractivity contribution in [3.8, 4) is 0 Å². The van der Waals surface area contributed by atoms with Gasteiger partial charge in [0.25, 0.3) is 0 Å². The van der Waals surface area contributed by atoms with Gasteiger partial charge in [-0.05, 0) is 58.2 Å². The summed E-state index contributed by atoms with van der Waals surface area (Å²) in [4.78, 5) is 29.2. The number of thiol groups is 1. The maximum atomic E-state index is 5.97. The van der Waals surface area contributed by atoms with Crippen molar-refractivity contribution in [3.63, 3.8) is 0 Å². The van der Waals surface area contributed by atoms with Gasteiger partial charge >= 0.3 is 0 Å². The monoisotopic (exact) mass is 948 g/mol. The van der Waals surface area contributed by atoms with Gasteiger partial charge in [0, 0.05) is 36.5 Å². The van der Waals surface area contributed by atoms with Crippen LogP contribution < -0.4 is 0 Å². The van der Waals surface area contributed by atoms with E-state index in [1.807, 2.05) is 96.1 Å². The topological polar surface area (TPSA) is 130 Å². The standard InChI is InChI=1S/C32H42N4O4S2.C16H22N2O2S.2CH4/c1-5-37-29-25(19-23-15-11-9-12-16-23)33-31(39-7-3)27(35-29)21-41-42-22-28-32(40-8-4)34-26(30(36-28)38-6-2)20-24-17-13-10-14-18-24;1-3-19-15-13(10-12-8-6-5-7-9-12)17-16(20-4-2)14(11-21)18-15;;/h9-18,25-28H,5-8,19-22H2,1-4H3;5-9,13-14,21H,3-4,10-11H2,1-2H3;2*1H4/t25-,26-,27+,28+;13-,14+;;/m11../s1. The second kappa shape index (κ2) is 30.7. The van der Waals surface area contributed by atoms with E-state index in [9.17, 15) is 0 Å². The first-order valence-electron chi connectivity index (χ1n) is 22.1. The highest BCUT2D eigenvalue weighted by molar-refractivity contribution is 8.76. The molecule has 0 fully saturated rings. The average Bonchev–Trinajstić information content (AvgIpc) is 3.30. The molecule has 3 aromatic rings.